The molecule has 0 saturated heterocycles. The van der Waals surface area contributed by atoms with Gasteiger partial charge in [-0.05, 0) is 30.7 Å². The van der Waals surface area contributed by atoms with Crippen molar-refractivity contribution in [2.75, 3.05) is 11.9 Å². The van der Waals surface area contributed by atoms with Crippen molar-refractivity contribution < 1.29 is 14.8 Å². The lowest BCUT2D eigenvalue weighted by molar-refractivity contribution is -0.384. The van der Waals surface area contributed by atoms with Crippen LogP contribution in [0.3, 0.4) is 0 Å². The summed E-state index contributed by atoms with van der Waals surface area (Å²) >= 11 is 5.99. The van der Waals surface area contributed by atoms with Crippen molar-refractivity contribution in [1.82, 2.24) is 5.43 Å². The van der Waals surface area contributed by atoms with Crippen molar-refractivity contribution in [3.63, 3.8) is 0 Å². The fourth-order valence-corrected chi connectivity index (χ4v) is 2.12. The number of anilines is 1. The number of amides is 1. The number of carbonyl (C=O) groups is 1. The number of hydrogen-bond acceptors (Lipinski definition) is 6. The summed E-state index contributed by atoms with van der Waals surface area (Å²) in [7, 11) is 0. The molecule has 0 saturated carbocycles. The van der Waals surface area contributed by atoms with Crippen LogP contribution in [0, 0.1) is 17.0 Å². The molecule has 0 fully saturated rings. The monoisotopic (exact) mass is 362 g/mol. The molecule has 2 aromatic carbocycles. The van der Waals surface area contributed by atoms with Crippen LogP contribution in [-0.2, 0) is 4.79 Å². The summed E-state index contributed by atoms with van der Waals surface area (Å²) in [6.07, 6.45) is 1.13. The van der Waals surface area contributed by atoms with Gasteiger partial charge in [-0.3, -0.25) is 14.9 Å². The summed E-state index contributed by atoms with van der Waals surface area (Å²) in [5, 5.41) is 27.5. The number of benzene rings is 2. The van der Waals surface area contributed by atoms with Crippen molar-refractivity contribution in [3.8, 4) is 5.75 Å². The fraction of sp³-hybridized carbons (Fsp3) is 0.125. The molecule has 25 heavy (non-hydrogen) atoms. The maximum atomic E-state index is 11.8. The second kappa shape index (κ2) is 8.11. The van der Waals surface area contributed by atoms with E-state index in [2.05, 4.69) is 15.8 Å². The normalized spacial score (nSPS) is 10.6. The predicted molar refractivity (Wildman–Crippen MR) is 95.2 cm³/mol. The summed E-state index contributed by atoms with van der Waals surface area (Å²) in [4.78, 5) is 21.9. The lowest BCUT2D eigenvalue weighted by Gasteiger charge is -2.09. The molecule has 0 aliphatic rings. The van der Waals surface area contributed by atoms with E-state index in [0.717, 1.165) is 23.5 Å². The second-order valence-electron chi connectivity index (χ2n) is 5.06. The van der Waals surface area contributed by atoms with Crippen molar-refractivity contribution >= 4 is 35.1 Å². The second-order valence-corrected chi connectivity index (χ2v) is 5.47. The summed E-state index contributed by atoms with van der Waals surface area (Å²) < 4.78 is 0. The Morgan fingerprint density at radius 1 is 1.40 bits per heavy atom. The third kappa shape index (κ3) is 4.92. The first-order chi connectivity index (χ1) is 11.9. The van der Waals surface area contributed by atoms with Crippen LogP contribution in [0.25, 0.3) is 0 Å². The molecular formula is C16H15ClN4O4. The van der Waals surface area contributed by atoms with Crippen LogP contribution in [0.5, 0.6) is 5.75 Å². The maximum Gasteiger partial charge on any atom is 0.270 e. The van der Waals surface area contributed by atoms with Crippen molar-refractivity contribution in [2.24, 2.45) is 5.10 Å². The van der Waals surface area contributed by atoms with E-state index in [9.17, 15) is 20.0 Å². The Hall–Kier alpha value is -3.13. The van der Waals surface area contributed by atoms with Crippen molar-refractivity contribution in [2.45, 2.75) is 6.92 Å². The standard InChI is InChI=1S/C16H15ClN4O4/c1-10-13(17)3-2-4-14(10)18-9-16(23)20-19-8-11-7-12(21(24)25)5-6-15(11)22/h2-8,18,22H,9H2,1H3,(H,20,23). The molecule has 0 bridgehead atoms. The number of phenols is 1. The lowest BCUT2D eigenvalue weighted by Crippen LogP contribution is -2.26. The molecular weight excluding hydrogens is 348 g/mol. The minimum atomic E-state index is -0.591. The Bertz CT molecular complexity index is 839. The maximum absolute atomic E-state index is 11.8. The summed E-state index contributed by atoms with van der Waals surface area (Å²) in [6, 6.07) is 8.81. The molecule has 0 heterocycles. The largest absolute Gasteiger partial charge is 0.507 e. The van der Waals surface area contributed by atoms with Gasteiger partial charge in [-0.1, -0.05) is 17.7 Å². The molecule has 8 nitrogen and oxygen atoms in total. The highest BCUT2D eigenvalue weighted by molar-refractivity contribution is 6.31. The number of nitro benzene ring substituents is 1. The minimum Gasteiger partial charge on any atom is -0.507 e. The molecule has 0 unspecified atom stereocenters. The Morgan fingerprint density at radius 2 is 2.16 bits per heavy atom. The van der Waals surface area contributed by atoms with Gasteiger partial charge < -0.3 is 10.4 Å². The molecule has 130 valence electrons. The zero-order valence-corrected chi connectivity index (χ0v) is 13.9. The molecule has 0 aliphatic heterocycles. The number of nitrogens with one attached hydrogen (secondary N) is 2. The number of nitro groups is 1. The number of rotatable bonds is 6. The van der Waals surface area contributed by atoms with Gasteiger partial charge in [0.05, 0.1) is 17.7 Å². The molecule has 2 aromatic rings. The van der Waals surface area contributed by atoms with Crippen LogP contribution in [0.15, 0.2) is 41.5 Å². The summed E-state index contributed by atoms with van der Waals surface area (Å²) in [6.45, 7) is 1.78. The highest BCUT2D eigenvalue weighted by atomic mass is 35.5. The first-order valence-corrected chi connectivity index (χ1v) is 7.54. The van der Waals surface area contributed by atoms with Crippen LogP contribution in [0.2, 0.25) is 5.02 Å². The molecule has 3 N–H and O–H groups in total. The first kappa shape index (κ1) is 18.2. The zero-order valence-electron chi connectivity index (χ0n) is 13.2. The van der Waals surface area contributed by atoms with E-state index in [-0.39, 0.29) is 23.5 Å². The Balaban J connectivity index is 1.93. The van der Waals surface area contributed by atoms with Crippen LogP contribution in [0.4, 0.5) is 11.4 Å². The van der Waals surface area contributed by atoms with Crippen molar-refractivity contribution in [1.29, 1.82) is 0 Å². The van der Waals surface area contributed by atoms with Gasteiger partial charge in [0, 0.05) is 28.4 Å². The van der Waals surface area contributed by atoms with Gasteiger partial charge in [0.25, 0.3) is 11.6 Å². The summed E-state index contributed by atoms with van der Waals surface area (Å²) in [5.41, 5.74) is 3.74. The van der Waals surface area contributed by atoms with Gasteiger partial charge in [0.2, 0.25) is 0 Å². The van der Waals surface area contributed by atoms with Crippen LogP contribution < -0.4 is 10.7 Å². The molecule has 1 amide bonds. The Kier molecular flexibility index (Phi) is 5.91. The number of hydrogen-bond donors (Lipinski definition) is 3. The van der Waals surface area contributed by atoms with Crippen LogP contribution >= 0.6 is 11.6 Å². The molecule has 0 atom stereocenters. The minimum absolute atomic E-state index is 0.0422. The van der Waals surface area contributed by atoms with E-state index in [4.69, 9.17) is 11.6 Å². The smallest absolute Gasteiger partial charge is 0.270 e. The SMILES string of the molecule is Cc1c(Cl)cccc1NCC(=O)NN=Cc1cc([N+](=O)[O-])ccc1O. The molecule has 0 aliphatic carbocycles. The average molecular weight is 363 g/mol. The summed E-state index contributed by atoms with van der Waals surface area (Å²) in [5.74, 6) is -0.614. The number of non-ortho nitro benzene ring substituents is 1. The molecule has 0 spiro atoms. The van der Waals surface area contributed by atoms with Gasteiger partial charge in [-0.2, -0.15) is 5.10 Å². The van der Waals surface area contributed by atoms with Gasteiger partial charge in [0.15, 0.2) is 0 Å². The quantitative estimate of drug-likeness (QED) is 0.415. The Labute approximate surface area is 148 Å². The number of aromatic hydroxyl groups is 1. The Morgan fingerprint density at radius 3 is 2.88 bits per heavy atom. The van der Waals surface area contributed by atoms with Crippen molar-refractivity contribution in [3.05, 3.63) is 62.7 Å². The van der Waals surface area contributed by atoms with Gasteiger partial charge in [0.1, 0.15) is 5.75 Å². The predicted octanol–water partition coefficient (Wildman–Crippen LogP) is 2.82. The third-order valence-corrected chi connectivity index (χ3v) is 3.73. The molecule has 9 heteroatoms. The van der Waals surface area contributed by atoms with Gasteiger partial charge >= 0.3 is 0 Å². The van der Waals surface area contributed by atoms with Crippen LogP contribution in [0.1, 0.15) is 11.1 Å². The lowest BCUT2D eigenvalue weighted by atomic mass is 10.2. The number of hydrazone groups is 1. The molecule has 2 rings (SSSR count). The molecule has 0 aromatic heterocycles. The van der Waals surface area contributed by atoms with E-state index in [1.165, 1.54) is 12.1 Å². The number of halogens is 1. The number of phenolic OH excluding ortho intramolecular Hbond substituents is 1. The highest BCUT2D eigenvalue weighted by Crippen LogP contribution is 2.23. The molecule has 0 radical (unpaired) electrons. The fourth-order valence-electron chi connectivity index (χ4n) is 1.95. The number of carbonyl (C=O) groups excluding carboxylic acids is 1. The number of nitrogens with zero attached hydrogens (tertiary/aromatic N) is 2. The van der Waals surface area contributed by atoms with E-state index >= 15 is 0 Å². The van der Waals surface area contributed by atoms with E-state index in [1.54, 1.807) is 18.2 Å². The third-order valence-electron chi connectivity index (χ3n) is 3.32. The van der Waals surface area contributed by atoms with Gasteiger partial charge in [-0.15, -0.1) is 0 Å². The van der Waals surface area contributed by atoms with E-state index in [1.807, 2.05) is 6.92 Å². The zero-order chi connectivity index (χ0) is 18.4. The van der Waals surface area contributed by atoms with E-state index in [0.29, 0.717) is 5.02 Å². The highest BCUT2D eigenvalue weighted by Gasteiger charge is 2.09. The van der Waals surface area contributed by atoms with Crippen LogP contribution in [-0.4, -0.2) is 28.7 Å². The average Bonchev–Trinajstić information content (AvgIpc) is 2.57. The first-order valence-electron chi connectivity index (χ1n) is 7.17. The van der Waals surface area contributed by atoms with Gasteiger partial charge in [-0.25, -0.2) is 5.43 Å². The topological polar surface area (TPSA) is 117 Å². The van der Waals surface area contributed by atoms with E-state index < -0.39 is 10.8 Å².